The van der Waals surface area contributed by atoms with Crippen LogP contribution in [-0.4, -0.2) is 213 Å². The number of carbonyl (C=O) groups is 5. The van der Waals surface area contributed by atoms with Crippen molar-refractivity contribution in [2.45, 2.75) is 6.92 Å². The van der Waals surface area contributed by atoms with Gasteiger partial charge in [-0.2, -0.15) is 0 Å². The first-order valence-corrected chi connectivity index (χ1v) is 42.1. The van der Waals surface area contributed by atoms with Gasteiger partial charge in [0.2, 0.25) is 40.2 Å². The number of anilines is 3. The topological polar surface area (TPSA) is 649 Å². The first-order chi connectivity index (χ1) is 57.1. The van der Waals surface area contributed by atoms with Crippen LogP contribution in [0.1, 0.15) is 58.7 Å². The van der Waals surface area contributed by atoms with Crippen molar-refractivity contribution in [2.75, 3.05) is 110 Å². The monoisotopic (exact) mass is 2020 g/mol. The van der Waals surface area contributed by atoms with Crippen molar-refractivity contribution in [3.8, 4) is 63.2 Å². The van der Waals surface area contributed by atoms with Gasteiger partial charge in [0, 0.05) is 110 Å². The first kappa shape index (κ1) is 106. The summed E-state index contributed by atoms with van der Waals surface area (Å²) in [5, 5.41) is 146. The number of hydrogen-bond acceptors (Lipinski definition) is 44. The minimum absolute atomic E-state index is 0.00264. The van der Waals surface area contributed by atoms with E-state index in [0.29, 0.717) is 20.4 Å². The Morgan fingerprint density at radius 1 is 0.418 bits per heavy atom. The number of nitro groups is 7. The van der Waals surface area contributed by atoms with Crippen molar-refractivity contribution in [1.82, 2.24) is 19.6 Å². The third-order valence-electron chi connectivity index (χ3n) is 13.3. The first-order valence-electron chi connectivity index (χ1n) is 31.6. The molecular formula is C64H67Br2N13O33S10. The number of carbonyl (C=O) groups excluding carboxylic acids is 4. The Kier molecular flexibility index (Phi) is 43.8. The lowest BCUT2D eigenvalue weighted by Crippen LogP contribution is -2.34. The number of hydrogen-bond donors (Lipinski definition) is 8. The Balaban J connectivity index is 0.000000465. The molecule has 11 rings (SSSR count). The highest BCUT2D eigenvalue weighted by molar-refractivity contribution is 9.11. The summed E-state index contributed by atoms with van der Waals surface area (Å²) in [5.41, 5.74) is 4.38. The van der Waals surface area contributed by atoms with Gasteiger partial charge in [0.25, 0.3) is 34.5 Å². The van der Waals surface area contributed by atoms with Crippen LogP contribution in [0.4, 0.5) is 50.7 Å². The van der Waals surface area contributed by atoms with Crippen LogP contribution in [-0.2, 0) is 0 Å². The van der Waals surface area contributed by atoms with Crippen molar-refractivity contribution in [3.05, 3.63) is 205 Å². The van der Waals surface area contributed by atoms with E-state index in [-0.39, 0.29) is 138 Å². The van der Waals surface area contributed by atoms with E-state index in [0.717, 1.165) is 108 Å². The van der Waals surface area contributed by atoms with Crippen molar-refractivity contribution >= 4 is 226 Å². The van der Waals surface area contributed by atoms with Gasteiger partial charge in [-0.25, -0.2) is 4.79 Å². The minimum Gasteiger partial charge on any atom is -0.504 e. The predicted octanol–water partition coefficient (Wildman–Crippen LogP) is 14.8. The number of nitrogens with one attached hydrogen (secondary N) is 1. The van der Waals surface area contributed by atoms with Crippen LogP contribution in [0.3, 0.4) is 0 Å². The lowest BCUT2D eigenvalue weighted by Gasteiger charge is -2.12. The molecule has 0 aliphatic carbocycles. The molecule has 11 aromatic rings. The highest BCUT2D eigenvalue weighted by atomic mass is 79.9. The predicted molar refractivity (Wildman–Crippen MR) is 466 cm³/mol. The van der Waals surface area contributed by atoms with Crippen LogP contribution in [0.2, 0.25) is 0 Å². The molecule has 9 N–H and O–H groups in total. The third-order valence-corrected chi connectivity index (χ3v) is 23.7. The van der Waals surface area contributed by atoms with Crippen molar-refractivity contribution in [2.24, 2.45) is 0 Å². The average molecular weight is 2030 g/mol. The number of aromatic carboxylic acids is 1. The third kappa shape index (κ3) is 29.8. The van der Waals surface area contributed by atoms with Crippen LogP contribution in [0, 0.1) is 70.8 Å². The fourth-order valence-corrected chi connectivity index (χ4v) is 16.1. The molecule has 0 spiro atoms. The number of nitrogen functional groups attached to an aromatic ring is 1. The molecule has 0 atom stereocenters. The number of amides is 4. The van der Waals surface area contributed by atoms with Crippen molar-refractivity contribution in [3.63, 3.8) is 0 Å². The van der Waals surface area contributed by atoms with E-state index in [1.165, 1.54) is 100 Å². The molecule has 0 unspecified atom stereocenters. The van der Waals surface area contributed by atoms with Gasteiger partial charge in [0.15, 0.2) is 17.2 Å². The maximum absolute atomic E-state index is 11.8. The normalized spacial score (nSPS) is 9.77. The van der Waals surface area contributed by atoms with Crippen LogP contribution in [0.5, 0.6) is 63.2 Å². The zero-order chi connectivity index (χ0) is 93.2. The second-order valence-electron chi connectivity index (χ2n) is 22.0. The second-order valence-corrected chi connectivity index (χ2v) is 32.4. The van der Waals surface area contributed by atoms with E-state index in [1.807, 2.05) is 16.8 Å². The standard InChI is InChI=1S/C13H14N2O5S.C8H10N2O4S.C7H8N2O4S.C7H10N2O2S.C6H5NO5S.C5H4BrNO3S.C5H5NO3S.C5H6OS.C4H2BrNO3S.C4H3NO3S/c1-4-20-11-7(9(17)10(11)18)14-12-8(16)6(5-21-12)13(19)15(2)3;1-9(2)7(11)5-4-15-8(10(12)13)6(5)14-3;1-8(2)6(11)4-3-14-7(5(4)10)9(12)13;1-9(2)7(11)4-3-12-6(8)5(4)10;1-12-4-3(6(8)9)2-13-5(4)7(10)11;1-10-4-3(6)2-11-5(4)7(8)9;1-9-4-2-3-10-5(4)6(7)8;1-6-5-2-3-7-4-5;5-2-1-10-4(3(2)7)6(8)9;6-3-1-2-9-4(3)5(7)8/h5,14,16H,4H2,1-3H3;4H,1-3H3;3,10H,1-2H3;3,10H,8H2,1-2H3;2H,1H3,(H,8,9);2H,1H3;2-3H,1H3;2-4H,1H3;1,7H;1-2,6H. The van der Waals surface area contributed by atoms with E-state index in [2.05, 4.69) is 41.9 Å². The molecule has 58 heteroatoms. The van der Waals surface area contributed by atoms with E-state index < -0.39 is 67.9 Å². The molecule has 1 aromatic carbocycles. The molecule has 0 radical (unpaired) electrons. The van der Waals surface area contributed by atoms with E-state index >= 15 is 0 Å². The maximum atomic E-state index is 11.8. The molecule has 0 aliphatic heterocycles. The number of aromatic hydroxyl groups is 5. The summed E-state index contributed by atoms with van der Waals surface area (Å²) < 4.78 is 29.9. The van der Waals surface area contributed by atoms with Gasteiger partial charge in [-0.05, 0) is 62.4 Å². The number of rotatable bonds is 21. The Morgan fingerprint density at radius 2 is 0.803 bits per heavy atom. The number of carboxylic acids is 1. The number of ether oxygens (including phenoxy) is 6. The van der Waals surface area contributed by atoms with Crippen molar-refractivity contribution < 1.29 is 117 Å². The smallest absolute Gasteiger partial charge is 0.367 e. The van der Waals surface area contributed by atoms with Gasteiger partial charge in [0.1, 0.15) is 27.0 Å². The SMILES string of the molecule is CCOc1c(Nc2scc(C(=O)N(C)C)c2O)c(=O)c1=O.CN(C)C(=O)c1csc(N)c1O.CN(C)C(=O)c1csc([N+](=O)[O-])c1O.COc1c(Br)csc1[N+](=O)[O-].COc1c(C(=O)N(C)C)csc1[N+](=O)[O-].COc1c(C(=O)O)csc1[N+](=O)[O-].COc1ccsc1.COc1ccsc1[N+](=O)[O-].O=[N+]([O-])c1scc(Br)c1O.O=[N+]([O-])c1sccc1O. The number of nitrogens with two attached hydrogens (primary N) is 1. The molecule has 0 fully saturated rings. The number of carboxylic acid groups (broad SMARTS) is 1. The molecule has 0 bridgehead atoms. The average Bonchev–Trinajstić information content (AvgIpc) is 1.07. The molecule has 46 nitrogen and oxygen atoms in total. The molecule has 4 amide bonds. The number of nitrogens with zero attached hydrogens (tertiary/aromatic N) is 11. The zero-order valence-corrected chi connectivity index (χ0v) is 76.2. The summed E-state index contributed by atoms with van der Waals surface area (Å²) in [6.07, 6.45) is 0. The largest absolute Gasteiger partial charge is 0.504 e. The van der Waals surface area contributed by atoms with Gasteiger partial charge in [-0.3, -0.25) is 99.6 Å². The van der Waals surface area contributed by atoms with Crippen LogP contribution in [0.25, 0.3) is 0 Å². The Labute approximate surface area is 742 Å². The summed E-state index contributed by atoms with van der Waals surface area (Å²) in [4.78, 5) is 152. The number of halogens is 2. The molecule has 122 heavy (non-hydrogen) atoms. The quantitative estimate of drug-likeness (QED) is 0.0188. The Bertz CT molecular complexity index is 5490. The molecule has 10 aromatic heterocycles. The highest BCUT2D eigenvalue weighted by Gasteiger charge is 2.31. The molecule has 0 saturated carbocycles. The van der Waals surface area contributed by atoms with E-state index in [4.69, 9.17) is 44.7 Å². The fraction of sp³-hybridized carbons (Fsp3) is 0.234. The van der Waals surface area contributed by atoms with Gasteiger partial charge >= 0.3 is 41.0 Å². The number of thiophene rings is 10. The van der Waals surface area contributed by atoms with Crippen molar-refractivity contribution in [1.29, 1.82) is 0 Å². The summed E-state index contributed by atoms with van der Waals surface area (Å²) in [5.74, 6) is -2.70. The second kappa shape index (κ2) is 50.6. The molecule has 10 heterocycles. The van der Waals surface area contributed by atoms with Gasteiger partial charge in [-0.15, -0.1) is 34.0 Å². The van der Waals surface area contributed by atoms with Gasteiger partial charge < -0.3 is 89.7 Å². The highest BCUT2D eigenvalue weighted by Crippen LogP contribution is 2.44. The summed E-state index contributed by atoms with van der Waals surface area (Å²) in [6.45, 7) is 1.94. The van der Waals surface area contributed by atoms with Gasteiger partial charge in [0.05, 0.1) is 108 Å². The maximum Gasteiger partial charge on any atom is 0.367 e. The lowest BCUT2D eigenvalue weighted by molar-refractivity contribution is -0.381. The van der Waals surface area contributed by atoms with E-state index in [9.17, 15) is 120 Å². The number of methoxy groups -OCH3 is 5. The van der Waals surface area contributed by atoms with Crippen LogP contribution >= 0.6 is 145 Å². The van der Waals surface area contributed by atoms with Gasteiger partial charge in [-0.1, -0.05) is 79.4 Å². The summed E-state index contributed by atoms with van der Waals surface area (Å²) >= 11 is 16.2. The summed E-state index contributed by atoms with van der Waals surface area (Å²) in [7, 11) is 19.5. The van der Waals surface area contributed by atoms with Crippen LogP contribution < -0.4 is 50.3 Å². The molecular weight excluding hydrogens is 1960 g/mol. The Hall–Kier alpha value is -12.4. The zero-order valence-electron chi connectivity index (χ0n) is 64.8. The fourth-order valence-electron chi connectivity index (χ4n) is 7.65. The molecule has 660 valence electrons. The lowest BCUT2D eigenvalue weighted by atomic mass is 10.2. The summed E-state index contributed by atoms with van der Waals surface area (Å²) in [6, 6.07) is 4.80. The van der Waals surface area contributed by atoms with Crippen LogP contribution in [0.15, 0.2) is 95.9 Å². The Morgan fingerprint density at radius 3 is 1.15 bits per heavy atom. The van der Waals surface area contributed by atoms with E-state index in [1.54, 1.807) is 89.9 Å². The minimum atomic E-state index is -1.23. The molecule has 0 saturated heterocycles. The molecule has 0 aliphatic rings.